The van der Waals surface area contributed by atoms with Crippen molar-refractivity contribution in [2.75, 3.05) is 10.6 Å². The highest BCUT2D eigenvalue weighted by Crippen LogP contribution is 2.34. The highest BCUT2D eigenvalue weighted by molar-refractivity contribution is 6.18. The lowest BCUT2D eigenvalue weighted by molar-refractivity contribution is -0.121. The van der Waals surface area contributed by atoms with E-state index in [1.165, 1.54) is 24.7 Å². The van der Waals surface area contributed by atoms with Crippen molar-refractivity contribution in [2.24, 2.45) is 0 Å². The molecule has 0 spiro atoms. The number of Topliss-reactive ketones (excluding diaryl/α,β-unsaturated/α-hetero) is 1. The number of carbonyl (C=O) groups is 2. The third-order valence-corrected chi connectivity index (χ3v) is 6.74. The van der Waals surface area contributed by atoms with E-state index in [1.54, 1.807) is 0 Å². The van der Waals surface area contributed by atoms with Crippen LogP contribution >= 0.6 is 0 Å². The fourth-order valence-electron chi connectivity index (χ4n) is 4.77. The second kappa shape index (κ2) is 9.27. The van der Waals surface area contributed by atoms with E-state index in [2.05, 4.69) is 30.6 Å². The minimum Gasteiger partial charge on any atom is -0.367 e. The molecule has 0 radical (unpaired) electrons. The van der Waals surface area contributed by atoms with Gasteiger partial charge in [-0.1, -0.05) is 6.42 Å². The Morgan fingerprint density at radius 2 is 1.86 bits per heavy atom. The monoisotopic (exact) mass is 486 g/mol. The zero-order chi connectivity index (χ0) is 24.6. The standard InChI is InChI=1S/C24H25F3N6O2/c25-21-14(5-6-18(33-21)31-13-7-9-24(26,27)10-8-13)20(35)15-11-28-22-19(15)23(30-12-29-22)32-16-3-1-2-4-17(16)34/h5-6,11-13,16H,1-4,7-10H2,(H,31,33)(H2,28,29,30,32). The molecule has 2 fully saturated rings. The molecule has 3 N–H and O–H groups in total. The first-order chi connectivity index (χ1) is 16.8. The van der Waals surface area contributed by atoms with E-state index >= 15 is 0 Å². The fraction of sp³-hybridized carbons (Fsp3) is 0.458. The van der Waals surface area contributed by atoms with Gasteiger partial charge in [0.1, 0.15) is 23.6 Å². The maximum absolute atomic E-state index is 14.9. The van der Waals surface area contributed by atoms with Crippen molar-refractivity contribution in [3.63, 3.8) is 0 Å². The van der Waals surface area contributed by atoms with Crippen LogP contribution in [0.4, 0.5) is 24.8 Å². The van der Waals surface area contributed by atoms with Crippen molar-refractivity contribution in [3.05, 3.63) is 41.7 Å². The maximum atomic E-state index is 14.9. The van der Waals surface area contributed by atoms with Crippen LogP contribution in [0.2, 0.25) is 0 Å². The number of hydrogen-bond donors (Lipinski definition) is 3. The highest BCUT2D eigenvalue weighted by Gasteiger charge is 2.35. The van der Waals surface area contributed by atoms with E-state index in [0.717, 1.165) is 12.8 Å². The van der Waals surface area contributed by atoms with Gasteiger partial charge in [0.15, 0.2) is 11.6 Å². The minimum absolute atomic E-state index is 0.0893. The Morgan fingerprint density at radius 1 is 1.06 bits per heavy atom. The molecule has 3 aromatic rings. The summed E-state index contributed by atoms with van der Waals surface area (Å²) in [5.41, 5.74) is 0.298. The number of aromatic amines is 1. The van der Waals surface area contributed by atoms with Crippen LogP contribution < -0.4 is 10.6 Å². The average molecular weight is 486 g/mol. The van der Waals surface area contributed by atoms with Gasteiger partial charge in [-0.2, -0.15) is 4.39 Å². The molecule has 2 saturated carbocycles. The van der Waals surface area contributed by atoms with Gasteiger partial charge in [0.2, 0.25) is 11.9 Å². The van der Waals surface area contributed by atoms with Gasteiger partial charge in [-0.15, -0.1) is 0 Å². The smallest absolute Gasteiger partial charge is 0.248 e. The molecule has 0 aromatic carbocycles. The van der Waals surface area contributed by atoms with E-state index in [0.29, 0.717) is 29.7 Å². The maximum Gasteiger partial charge on any atom is 0.248 e. The number of fused-ring (bicyclic) bond motifs is 1. The SMILES string of the molecule is O=C(c1ccc(NC2CCC(F)(F)CC2)nc1F)c1c[nH]c2ncnc(NC3CCCCC3=O)c12. The summed E-state index contributed by atoms with van der Waals surface area (Å²) < 4.78 is 41.6. The van der Waals surface area contributed by atoms with Crippen LogP contribution in [-0.2, 0) is 4.79 Å². The minimum atomic E-state index is -2.66. The number of rotatable bonds is 6. The third kappa shape index (κ3) is 4.85. The van der Waals surface area contributed by atoms with Crippen molar-refractivity contribution in [1.29, 1.82) is 0 Å². The molecule has 0 aliphatic heterocycles. The molecule has 184 valence electrons. The number of aromatic nitrogens is 4. The fourth-order valence-corrected chi connectivity index (χ4v) is 4.77. The molecular formula is C24H25F3N6O2. The molecule has 35 heavy (non-hydrogen) atoms. The van der Waals surface area contributed by atoms with Crippen molar-refractivity contribution >= 4 is 34.2 Å². The number of alkyl halides is 2. The van der Waals surface area contributed by atoms with Crippen LogP contribution in [0.3, 0.4) is 0 Å². The highest BCUT2D eigenvalue weighted by atomic mass is 19.3. The van der Waals surface area contributed by atoms with Gasteiger partial charge in [0.25, 0.3) is 0 Å². The zero-order valence-electron chi connectivity index (χ0n) is 18.9. The lowest BCUT2D eigenvalue weighted by Crippen LogP contribution is -2.32. The molecule has 3 aromatic heterocycles. The van der Waals surface area contributed by atoms with Crippen LogP contribution in [0, 0.1) is 5.95 Å². The third-order valence-electron chi connectivity index (χ3n) is 6.74. The number of anilines is 2. The van der Waals surface area contributed by atoms with Crippen molar-refractivity contribution in [1.82, 2.24) is 19.9 Å². The molecule has 0 saturated heterocycles. The van der Waals surface area contributed by atoms with Gasteiger partial charge in [-0.25, -0.2) is 23.7 Å². The number of H-pyrrole nitrogens is 1. The number of halogens is 3. The molecule has 8 nitrogen and oxygen atoms in total. The van der Waals surface area contributed by atoms with Gasteiger partial charge >= 0.3 is 0 Å². The molecular weight excluding hydrogens is 461 g/mol. The number of pyridine rings is 1. The Kier molecular flexibility index (Phi) is 6.16. The van der Waals surface area contributed by atoms with Crippen molar-refractivity contribution in [2.45, 2.75) is 69.4 Å². The zero-order valence-corrected chi connectivity index (χ0v) is 18.9. The van der Waals surface area contributed by atoms with Crippen LogP contribution in [0.15, 0.2) is 24.7 Å². The van der Waals surface area contributed by atoms with Gasteiger partial charge in [0, 0.05) is 31.5 Å². The Morgan fingerprint density at radius 3 is 2.60 bits per heavy atom. The Hall–Kier alpha value is -3.50. The molecule has 5 rings (SSSR count). The van der Waals surface area contributed by atoms with Crippen molar-refractivity contribution in [3.8, 4) is 0 Å². The van der Waals surface area contributed by atoms with Crippen LogP contribution in [0.25, 0.3) is 11.0 Å². The summed E-state index contributed by atoms with van der Waals surface area (Å²) in [6.07, 6.45) is 5.75. The summed E-state index contributed by atoms with van der Waals surface area (Å²) in [7, 11) is 0. The Bertz CT molecular complexity index is 1270. The van der Waals surface area contributed by atoms with Crippen LogP contribution in [0.5, 0.6) is 0 Å². The van der Waals surface area contributed by atoms with Crippen molar-refractivity contribution < 1.29 is 22.8 Å². The van der Waals surface area contributed by atoms with Gasteiger partial charge in [-0.3, -0.25) is 9.59 Å². The topological polar surface area (TPSA) is 113 Å². The first-order valence-corrected chi connectivity index (χ1v) is 11.8. The predicted molar refractivity (Wildman–Crippen MR) is 123 cm³/mol. The molecule has 3 heterocycles. The van der Waals surface area contributed by atoms with Crippen LogP contribution in [0.1, 0.15) is 67.3 Å². The van der Waals surface area contributed by atoms with E-state index < -0.39 is 23.7 Å². The molecule has 0 bridgehead atoms. The second-order valence-corrected chi connectivity index (χ2v) is 9.20. The Balaban J connectivity index is 1.38. The summed E-state index contributed by atoms with van der Waals surface area (Å²) in [5.74, 6) is -3.63. The van der Waals surface area contributed by atoms with E-state index in [-0.39, 0.29) is 54.5 Å². The first-order valence-electron chi connectivity index (χ1n) is 11.8. The number of nitrogens with zero attached hydrogens (tertiary/aromatic N) is 3. The Labute approximate surface area is 199 Å². The predicted octanol–water partition coefficient (Wildman–Crippen LogP) is 4.64. The molecule has 1 atom stereocenters. The lowest BCUT2D eigenvalue weighted by Gasteiger charge is -2.29. The lowest BCUT2D eigenvalue weighted by atomic mass is 9.92. The quantitative estimate of drug-likeness (QED) is 0.344. The molecule has 11 heteroatoms. The molecule has 2 aliphatic carbocycles. The second-order valence-electron chi connectivity index (χ2n) is 9.20. The molecule has 2 aliphatic rings. The largest absolute Gasteiger partial charge is 0.367 e. The van der Waals surface area contributed by atoms with E-state index in [9.17, 15) is 22.8 Å². The van der Waals surface area contributed by atoms with Gasteiger partial charge < -0.3 is 15.6 Å². The summed E-state index contributed by atoms with van der Waals surface area (Å²) in [4.78, 5) is 40.7. The van der Waals surface area contributed by atoms with Gasteiger partial charge in [0.05, 0.1) is 22.6 Å². The number of ketones is 2. The summed E-state index contributed by atoms with van der Waals surface area (Å²) in [6, 6.07) is 2.16. The average Bonchev–Trinajstić information content (AvgIpc) is 3.27. The number of nitrogens with one attached hydrogen (secondary N) is 3. The summed E-state index contributed by atoms with van der Waals surface area (Å²) in [6.45, 7) is 0. The number of hydrogen-bond acceptors (Lipinski definition) is 7. The van der Waals surface area contributed by atoms with E-state index in [1.807, 2.05) is 0 Å². The molecule has 0 amide bonds. The summed E-state index contributed by atoms with van der Waals surface area (Å²) >= 11 is 0. The van der Waals surface area contributed by atoms with Crippen LogP contribution in [-0.4, -0.2) is 49.5 Å². The van der Waals surface area contributed by atoms with E-state index in [4.69, 9.17) is 0 Å². The first kappa shape index (κ1) is 23.3. The van der Waals surface area contributed by atoms with Gasteiger partial charge in [-0.05, 0) is 37.8 Å². The normalized spacial score (nSPS) is 20.7. The molecule has 1 unspecified atom stereocenters. The number of carbonyl (C=O) groups excluding carboxylic acids is 2. The summed E-state index contributed by atoms with van der Waals surface area (Å²) in [5, 5.41) is 6.50.